The first kappa shape index (κ1) is 24.3. The van der Waals surface area contributed by atoms with Gasteiger partial charge >= 0.3 is 24.0 Å². The summed E-state index contributed by atoms with van der Waals surface area (Å²) in [4.78, 5) is 65.4. The Labute approximate surface area is 160 Å². The molecular formula is C16H22N4O8. The minimum atomic E-state index is -1.03. The first-order valence-electron chi connectivity index (χ1n) is 8.11. The predicted molar refractivity (Wildman–Crippen MR) is 94.1 cm³/mol. The van der Waals surface area contributed by atoms with E-state index in [1.165, 1.54) is 0 Å². The topological polar surface area (TPSA) is 197 Å². The minimum Gasteiger partial charge on any atom is -0.463 e. The van der Waals surface area contributed by atoms with Gasteiger partial charge in [-0.3, -0.25) is 20.2 Å². The number of ether oxygens (including phenoxy) is 2. The molecule has 12 nitrogen and oxygen atoms in total. The Balaban J connectivity index is 3.69. The summed E-state index contributed by atoms with van der Waals surface area (Å²) >= 11 is 0. The van der Waals surface area contributed by atoms with Crippen LogP contribution in [0.2, 0.25) is 0 Å². The first-order valence-corrected chi connectivity index (χ1v) is 8.11. The maximum Gasteiger partial charge on any atom is 0.330 e. The molecule has 0 spiro atoms. The van der Waals surface area contributed by atoms with Crippen LogP contribution in [0.5, 0.6) is 0 Å². The molecule has 0 aromatic carbocycles. The summed E-state index contributed by atoms with van der Waals surface area (Å²) in [6.07, 6.45) is 5.92. The average molecular weight is 398 g/mol. The Kier molecular flexibility index (Phi) is 12.6. The van der Waals surface area contributed by atoms with E-state index in [9.17, 15) is 28.8 Å². The van der Waals surface area contributed by atoms with E-state index in [-0.39, 0.29) is 13.2 Å². The summed E-state index contributed by atoms with van der Waals surface area (Å²) in [7, 11) is 0. The maximum absolute atomic E-state index is 11.3. The zero-order valence-corrected chi connectivity index (χ0v) is 15.0. The SMILES string of the molecule is NC(=O)NC(=O)/C=C\C(=O)OCCCCCCOC(=O)/C=C\C(=O)NC(N)=O. The van der Waals surface area contributed by atoms with Crippen molar-refractivity contribution in [1.29, 1.82) is 0 Å². The van der Waals surface area contributed by atoms with Crippen LogP contribution in [0.25, 0.3) is 0 Å². The minimum absolute atomic E-state index is 0.137. The molecule has 0 aliphatic carbocycles. The van der Waals surface area contributed by atoms with Crippen molar-refractivity contribution in [3.8, 4) is 0 Å². The molecule has 6 amide bonds. The van der Waals surface area contributed by atoms with Crippen molar-refractivity contribution >= 4 is 35.8 Å². The lowest BCUT2D eigenvalue weighted by Gasteiger charge is -2.03. The summed E-state index contributed by atoms with van der Waals surface area (Å²) in [5.41, 5.74) is 9.45. The Bertz CT molecular complexity index is 601. The number of amides is 6. The van der Waals surface area contributed by atoms with Gasteiger partial charge in [-0.05, 0) is 25.7 Å². The highest BCUT2D eigenvalue weighted by atomic mass is 16.5. The number of urea groups is 2. The van der Waals surface area contributed by atoms with Crippen molar-refractivity contribution in [2.75, 3.05) is 13.2 Å². The second kappa shape index (κ2) is 14.5. The van der Waals surface area contributed by atoms with Crippen LogP contribution in [0, 0.1) is 0 Å². The largest absolute Gasteiger partial charge is 0.463 e. The van der Waals surface area contributed by atoms with Gasteiger partial charge in [0, 0.05) is 24.3 Å². The molecule has 0 fully saturated rings. The van der Waals surface area contributed by atoms with Gasteiger partial charge in [-0.15, -0.1) is 0 Å². The number of nitrogens with two attached hydrogens (primary N) is 2. The lowest BCUT2D eigenvalue weighted by molar-refractivity contribution is -0.139. The predicted octanol–water partition coefficient (Wildman–Crippen LogP) is -0.865. The van der Waals surface area contributed by atoms with Crippen LogP contribution >= 0.6 is 0 Å². The fraction of sp³-hybridized carbons (Fsp3) is 0.375. The molecule has 0 aromatic rings. The van der Waals surface area contributed by atoms with E-state index in [1.807, 2.05) is 0 Å². The fourth-order valence-corrected chi connectivity index (χ4v) is 1.61. The number of imide groups is 2. The molecule has 0 saturated heterocycles. The van der Waals surface area contributed by atoms with Gasteiger partial charge in [-0.25, -0.2) is 19.2 Å². The van der Waals surface area contributed by atoms with Crippen molar-refractivity contribution in [1.82, 2.24) is 10.6 Å². The van der Waals surface area contributed by atoms with Crippen LogP contribution in [0.3, 0.4) is 0 Å². The molecule has 0 unspecified atom stereocenters. The molecule has 0 radical (unpaired) electrons. The number of esters is 2. The van der Waals surface area contributed by atoms with Gasteiger partial charge in [0.15, 0.2) is 0 Å². The summed E-state index contributed by atoms with van der Waals surface area (Å²) in [5, 5.41) is 3.50. The van der Waals surface area contributed by atoms with Crippen molar-refractivity contribution in [2.24, 2.45) is 11.5 Å². The molecule has 0 aliphatic heterocycles. The van der Waals surface area contributed by atoms with Crippen LogP contribution in [0.15, 0.2) is 24.3 Å². The molecule has 0 heterocycles. The van der Waals surface area contributed by atoms with E-state index in [2.05, 4.69) is 0 Å². The van der Waals surface area contributed by atoms with Crippen LogP contribution in [0.1, 0.15) is 25.7 Å². The zero-order valence-electron chi connectivity index (χ0n) is 15.0. The second-order valence-corrected chi connectivity index (χ2v) is 5.12. The van der Waals surface area contributed by atoms with E-state index >= 15 is 0 Å². The molecule has 0 atom stereocenters. The van der Waals surface area contributed by atoms with Crippen molar-refractivity contribution in [2.45, 2.75) is 25.7 Å². The summed E-state index contributed by atoms with van der Waals surface area (Å²) in [6, 6.07) is -2.06. The number of nitrogens with one attached hydrogen (secondary N) is 2. The second-order valence-electron chi connectivity index (χ2n) is 5.12. The van der Waals surface area contributed by atoms with Crippen molar-refractivity contribution in [3.63, 3.8) is 0 Å². The third-order valence-electron chi connectivity index (χ3n) is 2.76. The van der Waals surface area contributed by atoms with Crippen molar-refractivity contribution in [3.05, 3.63) is 24.3 Å². The lowest BCUT2D eigenvalue weighted by atomic mass is 10.2. The molecule has 0 saturated carbocycles. The summed E-state index contributed by atoms with van der Waals surface area (Å²) in [5.74, 6) is -3.13. The van der Waals surface area contributed by atoms with E-state index in [1.54, 1.807) is 10.6 Å². The molecule has 0 aromatic heterocycles. The molecule has 0 rings (SSSR count). The quantitative estimate of drug-likeness (QED) is 0.196. The van der Waals surface area contributed by atoms with Gasteiger partial charge in [0.25, 0.3) is 11.8 Å². The van der Waals surface area contributed by atoms with E-state index in [4.69, 9.17) is 20.9 Å². The number of carbonyl (C=O) groups excluding carboxylic acids is 6. The smallest absolute Gasteiger partial charge is 0.330 e. The number of hydrogen-bond acceptors (Lipinski definition) is 8. The highest BCUT2D eigenvalue weighted by Crippen LogP contribution is 2.01. The van der Waals surface area contributed by atoms with Crippen LogP contribution in [0.4, 0.5) is 9.59 Å². The van der Waals surface area contributed by atoms with Gasteiger partial charge < -0.3 is 20.9 Å². The number of rotatable bonds is 11. The Morgan fingerprint density at radius 1 is 0.607 bits per heavy atom. The standard InChI is InChI=1S/C16H22N4O8/c17-15(25)19-11(21)5-7-13(23)27-9-3-1-2-4-10-28-14(24)8-6-12(22)20-16(18)26/h5-8H,1-4,9-10H2,(H3,17,19,21,25)(H3,18,20,22,26)/b7-5-,8-6-. The molecular weight excluding hydrogens is 376 g/mol. The fourth-order valence-electron chi connectivity index (χ4n) is 1.61. The Morgan fingerprint density at radius 3 is 1.29 bits per heavy atom. The molecule has 154 valence electrons. The van der Waals surface area contributed by atoms with Crippen molar-refractivity contribution < 1.29 is 38.2 Å². The third-order valence-corrected chi connectivity index (χ3v) is 2.76. The van der Waals surface area contributed by atoms with Gasteiger partial charge in [0.1, 0.15) is 0 Å². The normalized spacial score (nSPS) is 10.4. The van der Waals surface area contributed by atoms with E-state index in [0.717, 1.165) is 24.3 Å². The molecule has 12 heteroatoms. The molecule has 0 aliphatic rings. The van der Waals surface area contributed by atoms with Crippen LogP contribution < -0.4 is 22.1 Å². The van der Waals surface area contributed by atoms with Gasteiger partial charge in [0.05, 0.1) is 13.2 Å². The monoisotopic (exact) mass is 398 g/mol. The maximum atomic E-state index is 11.3. The molecule has 28 heavy (non-hydrogen) atoms. The summed E-state index contributed by atoms with van der Waals surface area (Å²) in [6.45, 7) is 0.274. The van der Waals surface area contributed by atoms with E-state index < -0.39 is 35.8 Å². The average Bonchev–Trinajstić information content (AvgIpc) is 2.59. The Morgan fingerprint density at radius 2 is 0.964 bits per heavy atom. The number of unbranched alkanes of at least 4 members (excludes halogenated alkanes) is 3. The summed E-state index contributed by atoms with van der Waals surface area (Å²) < 4.78 is 9.67. The van der Waals surface area contributed by atoms with Crippen LogP contribution in [-0.4, -0.2) is 49.0 Å². The Hall–Kier alpha value is -3.70. The zero-order chi connectivity index (χ0) is 21.4. The van der Waals surface area contributed by atoms with Crippen LogP contribution in [-0.2, 0) is 28.7 Å². The third kappa shape index (κ3) is 15.8. The van der Waals surface area contributed by atoms with E-state index in [0.29, 0.717) is 25.7 Å². The number of carbonyl (C=O) groups is 6. The molecule has 6 N–H and O–H groups in total. The molecule has 0 bridgehead atoms. The highest BCUT2D eigenvalue weighted by Gasteiger charge is 2.03. The highest BCUT2D eigenvalue weighted by molar-refractivity contribution is 6.03. The lowest BCUT2D eigenvalue weighted by Crippen LogP contribution is -2.33. The van der Waals surface area contributed by atoms with Gasteiger partial charge in [-0.1, -0.05) is 0 Å². The van der Waals surface area contributed by atoms with Gasteiger partial charge in [0.2, 0.25) is 0 Å². The van der Waals surface area contributed by atoms with Gasteiger partial charge in [-0.2, -0.15) is 0 Å². The first-order chi connectivity index (χ1) is 13.2. The number of hydrogen-bond donors (Lipinski definition) is 4. The number of primary amides is 2.